The van der Waals surface area contributed by atoms with Crippen molar-refractivity contribution in [3.8, 4) is 0 Å². The van der Waals surface area contributed by atoms with E-state index in [2.05, 4.69) is 10.2 Å². The van der Waals surface area contributed by atoms with Gasteiger partial charge >= 0.3 is 0 Å². The third kappa shape index (κ3) is 2.19. The summed E-state index contributed by atoms with van der Waals surface area (Å²) in [6.45, 7) is 0.199. The summed E-state index contributed by atoms with van der Waals surface area (Å²) in [6.07, 6.45) is 0.291. The Kier molecular flexibility index (Phi) is 2.73. The molecule has 15 heavy (non-hydrogen) atoms. The second kappa shape index (κ2) is 4.18. The van der Waals surface area contributed by atoms with Crippen LogP contribution in [0.25, 0.3) is 0 Å². The van der Waals surface area contributed by atoms with E-state index in [-0.39, 0.29) is 12.4 Å². The van der Waals surface area contributed by atoms with Gasteiger partial charge in [-0.2, -0.15) is 0 Å². The lowest BCUT2D eigenvalue weighted by Crippen LogP contribution is -1.95. The van der Waals surface area contributed by atoms with Crippen molar-refractivity contribution < 1.29 is 8.81 Å². The Morgan fingerprint density at radius 3 is 2.60 bits per heavy atom. The normalized spacial score (nSPS) is 10.5. The SMILES string of the molecule is NCc1nnc(Cc2ccccc2F)o1. The zero-order chi connectivity index (χ0) is 10.7. The Bertz CT molecular complexity index is 455. The largest absolute Gasteiger partial charge is 0.424 e. The van der Waals surface area contributed by atoms with Gasteiger partial charge in [0.2, 0.25) is 11.8 Å². The van der Waals surface area contributed by atoms with Gasteiger partial charge in [-0.15, -0.1) is 10.2 Å². The molecule has 0 spiro atoms. The molecule has 2 N–H and O–H groups in total. The second-order valence-corrected chi connectivity index (χ2v) is 3.06. The van der Waals surface area contributed by atoms with E-state index in [0.29, 0.717) is 23.8 Å². The van der Waals surface area contributed by atoms with E-state index >= 15 is 0 Å². The maximum atomic E-state index is 13.2. The highest BCUT2D eigenvalue weighted by molar-refractivity contribution is 5.20. The van der Waals surface area contributed by atoms with Crippen molar-refractivity contribution in [1.29, 1.82) is 0 Å². The Balaban J connectivity index is 2.18. The van der Waals surface area contributed by atoms with Gasteiger partial charge in [0.05, 0.1) is 13.0 Å². The third-order valence-electron chi connectivity index (χ3n) is 1.98. The Morgan fingerprint density at radius 1 is 1.20 bits per heavy atom. The molecule has 0 saturated carbocycles. The maximum Gasteiger partial charge on any atom is 0.230 e. The number of hydrogen-bond donors (Lipinski definition) is 1. The average Bonchev–Trinajstić information content (AvgIpc) is 2.69. The molecule has 0 aliphatic carbocycles. The fraction of sp³-hybridized carbons (Fsp3) is 0.200. The van der Waals surface area contributed by atoms with Crippen LogP contribution in [0.15, 0.2) is 28.7 Å². The molecule has 1 heterocycles. The van der Waals surface area contributed by atoms with Crippen LogP contribution in [0.1, 0.15) is 17.3 Å². The van der Waals surface area contributed by atoms with Crippen LogP contribution in [0, 0.1) is 5.82 Å². The molecule has 0 radical (unpaired) electrons. The molecule has 2 aromatic rings. The quantitative estimate of drug-likeness (QED) is 0.822. The van der Waals surface area contributed by atoms with Crippen LogP contribution in [0.4, 0.5) is 4.39 Å². The van der Waals surface area contributed by atoms with Crippen molar-refractivity contribution in [2.45, 2.75) is 13.0 Å². The number of rotatable bonds is 3. The van der Waals surface area contributed by atoms with Gasteiger partial charge in [0.15, 0.2) is 0 Å². The molecule has 0 atom stereocenters. The molecule has 5 heteroatoms. The molecule has 78 valence electrons. The predicted molar refractivity (Wildman–Crippen MR) is 51.4 cm³/mol. The van der Waals surface area contributed by atoms with Crippen LogP contribution >= 0.6 is 0 Å². The van der Waals surface area contributed by atoms with E-state index in [4.69, 9.17) is 10.2 Å². The van der Waals surface area contributed by atoms with Crippen LogP contribution in [0.5, 0.6) is 0 Å². The summed E-state index contributed by atoms with van der Waals surface area (Å²) < 4.78 is 18.4. The van der Waals surface area contributed by atoms with Gasteiger partial charge < -0.3 is 10.2 Å². The molecule has 4 nitrogen and oxygen atoms in total. The first-order chi connectivity index (χ1) is 7.29. The first kappa shape index (κ1) is 9.79. The Hall–Kier alpha value is -1.75. The summed E-state index contributed by atoms with van der Waals surface area (Å²) >= 11 is 0. The van der Waals surface area contributed by atoms with Crippen LogP contribution in [-0.4, -0.2) is 10.2 Å². The van der Waals surface area contributed by atoms with E-state index in [1.165, 1.54) is 6.07 Å². The zero-order valence-corrected chi connectivity index (χ0v) is 7.98. The second-order valence-electron chi connectivity index (χ2n) is 3.06. The molecule has 0 amide bonds. The zero-order valence-electron chi connectivity index (χ0n) is 7.98. The highest BCUT2D eigenvalue weighted by Gasteiger charge is 2.08. The molecule has 0 unspecified atom stereocenters. The smallest absolute Gasteiger partial charge is 0.230 e. The van der Waals surface area contributed by atoms with Crippen molar-refractivity contribution in [1.82, 2.24) is 10.2 Å². The van der Waals surface area contributed by atoms with E-state index < -0.39 is 0 Å². The van der Waals surface area contributed by atoms with Crippen LogP contribution < -0.4 is 5.73 Å². The molecule has 0 aliphatic heterocycles. The summed E-state index contributed by atoms with van der Waals surface area (Å²) in [5, 5.41) is 7.46. The molecule has 1 aromatic heterocycles. The highest BCUT2D eigenvalue weighted by Crippen LogP contribution is 2.11. The van der Waals surface area contributed by atoms with Crippen molar-refractivity contribution >= 4 is 0 Å². The van der Waals surface area contributed by atoms with Crippen molar-refractivity contribution in [3.05, 3.63) is 47.4 Å². The third-order valence-corrected chi connectivity index (χ3v) is 1.98. The lowest BCUT2D eigenvalue weighted by atomic mass is 10.1. The molecule has 0 saturated heterocycles. The minimum absolute atomic E-state index is 0.199. The monoisotopic (exact) mass is 207 g/mol. The van der Waals surface area contributed by atoms with E-state index in [1.54, 1.807) is 18.2 Å². The van der Waals surface area contributed by atoms with Crippen LogP contribution in [0.2, 0.25) is 0 Å². The number of nitrogens with zero attached hydrogens (tertiary/aromatic N) is 2. The lowest BCUT2D eigenvalue weighted by Gasteiger charge is -1.97. The predicted octanol–water partition coefficient (Wildman–Crippen LogP) is 1.26. The first-order valence-electron chi connectivity index (χ1n) is 4.54. The van der Waals surface area contributed by atoms with Gasteiger partial charge in [0.1, 0.15) is 5.82 Å². The summed E-state index contributed by atoms with van der Waals surface area (Å²) in [5.41, 5.74) is 5.85. The Morgan fingerprint density at radius 2 is 1.93 bits per heavy atom. The average molecular weight is 207 g/mol. The van der Waals surface area contributed by atoms with Gasteiger partial charge in [-0.25, -0.2) is 4.39 Å². The van der Waals surface area contributed by atoms with Crippen LogP contribution in [-0.2, 0) is 13.0 Å². The summed E-state index contributed by atoms with van der Waals surface area (Å²) in [6, 6.07) is 6.48. The summed E-state index contributed by atoms with van der Waals surface area (Å²) in [7, 11) is 0. The fourth-order valence-corrected chi connectivity index (χ4v) is 1.25. The molecular weight excluding hydrogens is 197 g/mol. The molecule has 0 fully saturated rings. The Labute approximate surface area is 85.9 Å². The standard InChI is InChI=1S/C10H10FN3O/c11-8-4-2-1-3-7(8)5-9-13-14-10(6-12)15-9/h1-4H,5-6,12H2. The molecular formula is C10H10FN3O. The fourth-order valence-electron chi connectivity index (χ4n) is 1.25. The molecule has 2 rings (SSSR count). The molecule has 0 aliphatic rings. The van der Waals surface area contributed by atoms with Crippen molar-refractivity contribution in [2.24, 2.45) is 5.73 Å². The van der Waals surface area contributed by atoms with Crippen molar-refractivity contribution in [2.75, 3.05) is 0 Å². The van der Waals surface area contributed by atoms with Gasteiger partial charge in [-0.05, 0) is 11.6 Å². The first-order valence-corrected chi connectivity index (χ1v) is 4.54. The van der Waals surface area contributed by atoms with Gasteiger partial charge in [-0.3, -0.25) is 0 Å². The summed E-state index contributed by atoms with van der Waals surface area (Å²) in [5.74, 6) is 0.465. The topological polar surface area (TPSA) is 64.9 Å². The van der Waals surface area contributed by atoms with E-state index in [9.17, 15) is 4.39 Å². The maximum absolute atomic E-state index is 13.2. The summed E-state index contributed by atoms with van der Waals surface area (Å²) in [4.78, 5) is 0. The number of nitrogens with two attached hydrogens (primary N) is 1. The minimum atomic E-state index is -0.273. The van der Waals surface area contributed by atoms with Gasteiger partial charge in [0.25, 0.3) is 0 Å². The number of benzene rings is 1. The van der Waals surface area contributed by atoms with Gasteiger partial charge in [0, 0.05) is 0 Å². The van der Waals surface area contributed by atoms with E-state index in [1.807, 2.05) is 0 Å². The molecule has 1 aromatic carbocycles. The van der Waals surface area contributed by atoms with Crippen molar-refractivity contribution in [3.63, 3.8) is 0 Å². The van der Waals surface area contributed by atoms with E-state index in [0.717, 1.165) is 0 Å². The highest BCUT2D eigenvalue weighted by atomic mass is 19.1. The molecule has 0 bridgehead atoms. The van der Waals surface area contributed by atoms with Crippen LogP contribution in [0.3, 0.4) is 0 Å². The minimum Gasteiger partial charge on any atom is -0.424 e. The number of halogens is 1. The lowest BCUT2D eigenvalue weighted by molar-refractivity contribution is 0.456. The number of hydrogen-bond acceptors (Lipinski definition) is 4. The number of aromatic nitrogens is 2. The van der Waals surface area contributed by atoms with Gasteiger partial charge in [-0.1, -0.05) is 18.2 Å².